The Balaban J connectivity index is 2.48. The van der Waals surface area contributed by atoms with Crippen molar-refractivity contribution in [2.45, 2.75) is 20.3 Å². The average molecular weight is 221 g/mol. The largest absolute Gasteiger partial charge is 0.466 e. The van der Waals surface area contributed by atoms with E-state index in [2.05, 4.69) is 10.1 Å². The molecule has 16 heavy (non-hydrogen) atoms. The van der Waals surface area contributed by atoms with Crippen LogP contribution in [0, 0.1) is 6.92 Å². The molecule has 1 aromatic carbocycles. The number of aryl methyl sites for hydroxylation is 1. The highest BCUT2D eigenvalue weighted by atomic mass is 16.5. The Morgan fingerprint density at radius 3 is 2.75 bits per heavy atom. The van der Waals surface area contributed by atoms with Gasteiger partial charge in [0.2, 0.25) is 5.91 Å². The van der Waals surface area contributed by atoms with Crippen molar-refractivity contribution in [1.29, 1.82) is 0 Å². The molecule has 86 valence electrons. The van der Waals surface area contributed by atoms with Gasteiger partial charge in [-0.15, -0.1) is 0 Å². The summed E-state index contributed by atoms with van der Waals surface area (Å²) in [4.78, 5) is 22.4. The highest BCUT2D eigenvalue weighted by Gasteiger charge is 2.09. The van der Waals surface area contributed by atoms with Crippen LogP contribution in [0.15, 0.2) is 24.3 Å². The molecule has 0 aliphatic heterocycles. The maximum absolute atomic E-state index is 11.4. The lowest BCUT2D eigenvalue weighted by atomic mass is 10.2. The zero-order valence-corrected chi connectivity index (χ0v) is 9.45. The molecule has 0 heterocycles. The number of amides is 1. The molecule has 1 aromatic rings. The second-order valence-electron chi connectivity index (χ2n) is 3.40. The van der Waals surface area contributed by atoms with E-state index in [0.717, 1.165) is 5.56 Å². The fourth-order valence-corrected chi connectivity index (χ4v) is 1.27. The summed E-state index contributed by atoms with van der Waals surface area (Å²) < 4.78 is 4.67. The number of benzene rings is 1. The summed E-state index contributed by atoms with van der Waals surface area (Å²) in [7, 11) is 0. The van der Waals surface area contributed by atoms with Gasteiger partial charge in [0.25, 0.3) is 0 Å². The first-order valence-electron chi connectivity index (χ1n) is 5.14. The van der Waals surface area contributed by atoms with E-state index in [4.69, 9.17) is 0 Å². The lowest BCUT2D eigenvalue weighted by molar-refractivity contribution is -0.145. The first-order chi connectivity index (χ1) is 7.61. The number of nitrogens with one attached hydrogen (secondary N) is 1. The van der Waals surface area contributed by atoms with Crippen LogP contribution in [0.2, 0.25) is 0 Å². The number of anilines is 1. The first-order valence-corrected chi connectivity index (χ1v) is 5.14. The predicted molar refractivity (Wildman–Crippen MR) is 61.1 cm³/mol. The molecule has 1 rings (SSSR count). The van der Waals surface area contributed by atoms with Gasteiger partial charge in [0.15, 0.2) is 0 Å². The predicted octanol–water partition coefficient (Wildman–Crippen LogP) is 1.89. The maximum atomic E-state index is 11.4. The van der Waals surface area contributed by atoms with Crippen molar-refractivity contribution in [1.82, 2.24) is 0 Å². The van der Waals surface area contributed by atoms with E-state index < -0.39 is 5.97 Å². The van der Waals surface area contributed by atoms with Crippen LogP contribution in [-0.2, 0) is 14.3 Å². The molecule has 0 radical (unpaired) electrons. The number of carbonyl (C=O) groups excluding carboxylic acids is 2. The summed E-state index contributed by atoms with van der Waals surface area (Å²) >= 11 is 0. The highest BCUT2D eigenvalue weighted by Crippen LogP contribution is 2.09. The standard InChI is InChI=1S/C12H15NO3/c1-3-16-12(15)8-11(14)13-10-6-4-5-9(2)7-10/h4-7H,3,8H2,1-2H3,(H,13,14). The normalized spacial score (nSPS) is 9.62. The smallest absolute Gasteiger partial charge is 0.315 e. The minimum absolute atomic E-state index is 0.248. The van der Waals surface area contributed by atoms with E-state index in [0.29, 0.717) is 5.69 Å². The minimum atomic E-state index is -0.507. The zero-order valence-electron chi connectivity index (χ0n) is 9.45. The Hall–Kier alpha value is -1.84. The van der Waals surface area contributed by atoms with Gasteiger partial charge in [-0.05, 0) is 31.5 Å². The van der Waals surface area contributed by atoms with Gasteiger partial charge < -0.3 is 10.1 Å². The maximum Gasteiger partial charge on any atom is 0.315 e. The molecule has 0 bridgehead atoms. The SMILES string of the molecule is CCOC(=O)CC(=O)Nc1cccc(C)c1. The van der Waals surface area contributed by atoms with Gasteiger partial charge in [-0.1, -0.05) is 12.1 Å². The fraction of sp³-hybridized carbons (Fsp3) is 0.333. The average Bonchev–Trinajstić information content (AvgIpc) is 2.17. The van der Waals surface area contributed by atoms with Crippen LogP contribution in [0.25, 0.3) is 0 Å². The van der Waals surface area contributed by atoms with Crippen LogP contribution >= 0.6 is 0 Å². The van der Waals surface area contributed by atoms with E-state index in [1.54, 1.807) is 13.0 Å². The molecule has 0 unspecified atom stereocenters. The number of rotatable bonds is 4. The molecule has 0 fully saturated rings. The van der Waals surface area contributed by atoms with Crippen molar-refractivity contribution in [3.05, 3.63) is 29.8 Å². The van der Waals surface area contributed by atoms with Crippen molar-refractivity contribution in [2.75, 3.05) is 11.9 Å². The third kappa shape index (κ3) is 4.13. The third-order valence-electron chi connectivity index (χ3n) is 1.91. The summed E-state index contributed by atoms with van der Waals surface area (Å²) in [5.74, 6) is -0.864. The second kappa shape index (κ2) is 5.90. The molecule has 4 heteroatoms. The lowest BCUT2D eigenvalue weighted by Gasteiger charge is -2.05. The Bertz CT molecular complexity index is 388. The molecule has 4 nitrogen and oxygen atoms in total. The molecule has 0 aliphatic carbocycles. The summed E-state index contributed by atoms with van der Waals surface area (Å²) in [6.45, 7) is 3.92. The quantitative estimate of drug-likeness (QED) is 0.624. The topological polar surface area (TPSA) is 55.4 Å². The minimum Gasteiger partial charge on any atom is -0.466 e. The second-order valence-corrected chi connectivity index (χ2v) is 3.40. The number of esters is 1. The van der Waals surface area contributed by atoms with Crippen LogP contribution in [-0.4, -0.2) is 18.5 Å². The van der Waals surface area contributed by atoms with Crippen LogP contribution in [0.5, 0.6) is 0 Å². The summed E-state index contributed by atoms with van der Waals surface area (Å²) in [6, 6.07) is 7.38. The van der Waals surface area contributed by atoms with E-state index in [1.807, 2.05) is 25.1 Å². The van der Waals surface area contributed by atoms with Gasteiger partial charge in [-0.25, -0.2) is 0 Å². The monoisotopic (exact) mass is 221 g/mol. The summed E-state index contributed by atoms with van der Waals surface area (Å²) in [5.41, 5.74) is 1.74. The van der Waals surface area contributed by atoms with E-state index in [-0.39, 0.29) is 18.9 Å². The van der Waals surface area contributed by atoms with Crippen LogP contribution in [0.1, 0.15) is 18.9 Å². The molecule has 0 aromatic heterocycles. The van der Waals surface area contributed by atoms with Gasteiger partial charge in [-0.2, -0.15) is 0 Å². The Morgan fingerprint density at radius 2 is 2.12 bits per heavy atom. The van der Waals surface area contributed by atoms with Gasteiger partial charge >= 0.3 is 5.97 Å². The Kier molecular flexibility index (Phi) is 4.51. The Labute approximate surface area is 94.6 Å². The molecular weight excluding hydrogens is 206 g/mol. The van der Waals surface area contributed by atoms with Crippen molar-refractivity contribution in [2.24, 2.45) is 0 Å². The molecule has 1 amide bonds. The molecule has 1 N–H and O–H groups in total. The zero-order chi connectivity index (χ0) is 12.0. The summed E-state index contributed by atoms with van der Waals surface area (Å²) in [6.07, 6.45) is -0.248. The van der Waals surface area contributed by atoms with E-state index in [9.17, 15) is 9.59 Å². The molecule has 0 saturated heterocycles. The van der Waals surface area contributed by atoms with Gasteiger partial charge in [0.1, 0.15) is 6.42 Å². The molecular formula is C12H15NO3. The van der Waals surface area contributed by atoms with Crippen molar-refractivity contribution < 1.29 is 14.3 Å². The molecule has 0 spiro atoms. The molecule has 0 aliphatic rings. The van der Waals surface area contributed by atoms with Gasteiger partial charge in [0.05, 0.1) is 6.61 Å². The van der Waals surface area contributed by atoms with E-state index in [1.165, 1.54) is 0 Å². The third-order valence-corrected chi connectivity index (χ3v) is 1.91. The van der Waals surface area contributed by atoms with Crippen molar-refractivity contribution in [3.8, 4) is 0 Å². The lowest BCUT2D eigenvalue weighted by Crippen LogP contribution is -2.18. The van der Waals surface area contributed by atoms with E-state index >= 15 is 0 Å². The van der Waals surface area contributed by atoms with Crippen LogP contribution < -0.4 is 5.32 Å². The van der Waals surface area contributed by atoms with Crippen LogP contribution in [0.3, 0.4) is 0 Å². The number of hydrogen-bond acceptors (Lipinski definition) is 3. The van der Waals surface area contributed by atoms with Gasteiger partial charge in [-0.3, -0.25) is 9.59 Å². The van der Waals surface area contributed by atoms with Crippen molar-refractivity contribution in [3.63, 3.8) is 0 Å². The first kappa shape index (κ1) is 12.2. The Morgan fingerprint density at radius 1 is 1.38 bits per heavy atom. The summed E-state index contributed by atoms with van der Waals surface area (Å²) in [5, 5.41) is 2.63. The number of carbonyl (C=O) groups is 2. The van der Waals surface area contributed by atoms with Crippen LogP contribution in [0.4, 0.5) is 5.69 Å². The fourth-order valence-electron chi connectivity index (χ4n) is 1.27. The number of ether oxygens (including phenoxy) is 1. The molecule has 0 atom stereocenters. The van der Waals surface area contributed by atoms with Crippen molar-refractivity contribution >= 4 is 17.6 Å². The molecule has 0 saturated carbocycles. The van der Waals surface area contributed by atoms with Gasteiger partial charge in [0, 0.05) is 5.69 Å². The number of hydrogen-bond donors (Lipinski definition) is 1. The highest BCUT2D eigenvalue weighted by molar-refractivity contribution is 6.01.